The van der Waals surface area contributed by atoms with Gasteiger partial charge in [0.05, 0.1) is 25.6 Å². The van der Waals surface area contributed by atoms with Gasteiger partial charge in [0.15, 0.2) is 5.17 Å². The van der Waals surface area contributed by atoms with E-state index in [1.807, 2.05) is 55.5 Å². The smallest absolute Gasteiger partial charge is 0.239 e. The first-order valence-electron chi connectivity index (χ1n) is 7.89. The summed E-state index contributed by atoms with van der Waals surface area (Å²) >= 11 is 1.41. The van der Waals surface area contributed by atoms with Gasteiger partial charge in [0.1, 0.15) is 5.75 Å². The second-order valence-corrected chi connectivity index (χ2v) is 6.60. The minimum atomic E-state index is 0.0464. The van der Waals surface area contributed by atoms with Gasteiger partial charge in [-0.25, -0.2) is 0 Å². The number of carbonyl (C=O) groups is 1. The lowest BCUT2D eigenvalue weighted by atomic mass is 10.2. The molecule has 1 aliphatic heterocycles. The first-order chi connectivity index (χ1) is 12.2. The zero-order valence-electron chi connectivity index (χ0n) is 14.2. The fourth-order valence-corrected chi connectivity index (χ4v) is 3.17. The van der Waals surface area contributed by atoms with Crippen molar-refractivity contribution in [2.45, 2.75) is 13.5 Å². The molecule has 0 spiro atoms. The zero-order chi connectivity index (χ0) is 17.6. The fraction of sp³-hybridized carbons (Fsp3) is 0.211. The number of aryl methyl sites for hydroxylation is 1. The molecule has 3 rings (SSSR count). The standard InChI is InChI=1S/C19H19N3O2S/c1-14-3-5-15(6-4-14)11-20-21-19-22(18(23)13-25-19)12-16-7-9-17(24-2)10-8-16/h3-11H,12-13H2,1-2H3/b20-11-,21-19-. The lowest BCUT2D eigenvalue weighted by Gasteiger charge is -2.15. The van der Waals surface area contributed by atoms with Crippen LogP contribution in [0.1, 0.15) is 16.7 Å². The number of methoxy groups -OCH3 is 1. The minimum Gasteiger partial charge on any atom is -0.497 e. The Balaban J connectivity index is 1.70. The predicted molar refractivity (Wildman–Crippen MR) is 102 cm³/mol. The van der Waals surface area contributed by atoms with Crippen LogP contribution >= 0.6 is 11.8 Å². The highest BCUT2D eigenvalue weighted by molar-refractivity contribution is 8.15. The molecule has 0 N–H and O–H groups in total. The number of ether oxygens (including phenoxy) is 1. The average molecular weight is 353 g/mol. The quantitative estimate of drug-likeness (QED) is 0.611. The maximum absolute atomic E-state index is 12.1. The Hall–Kier alpha value is -2.60. The molecule has 0 unspecified atom stereocenters. The van der Waals surface area contributed by atoms with Crippen LogP contribution in [0.25, 0.3) is 0 Å². The molecule has 1 aliphatic rings. The van der Waals surface area contributed by atoms with Crippen LogP contribution in [0, 0.1) is 6.92 Å². The zero-order valence-corrected chi connectivity index (χ0v) is 15.0. The van der Waals surface area contributed by atoms with Crippen molar-refractivity contribution in [3.05, 3.63) is 65.2 Å². The van der Waals surface area contributed by atoms with E-state index in [0.717, 1.165) is 16.9 Å². The molecule has 2 aromatic carbocycles. The highest BCUT2D eigenvalue weighted by Gasteiger charge is 2.28. The largest absolute Gasteiger partial charge is 0.497 e. The summed E-state index contributed by atoms with van der Waals surface area (Å²) in [5.74, 6) is 1.24. The van der Waals surface area contributed by atoms with Crippen LogP contribution in [0.4, 0.5) is 0 Å². The molecule has 0 bridgehead atoms. The van der Waals surface area contributed by atoms with E-state index in [1.165, 1.54) is 17.3 Å². The molecule has 25 heavy (non-hydrogen) atoms. The van der Waals surface area contributed by atoms with Crippen LogP contribution in [0.2, 0.25) is 0 Å². The Labute approximate surface area is 151 Å². The number of nitrogens with zero attached hydrogens (tertiary/aromatic N) is 3. The van der Waals surface area contributed by atoms with Crippen LogP contribution in [-0.2, 0) is 11.3 Å². The molecule has 128 valence electrons. The molecule has 0 saturated carbocycles. The summed E-state index contributed by atoms with van der Waals surface area (Å²) in [7, 11) is 1.63. The first-order valence-corrected chi connectivity index (χ1v) is 8.88. The third kappa shape index (κ3) is 4.48. The van der Waals surface area contributed by atoms with Gasteiger partial charge in [0.2, 0.25) is 5.91 Å². The van der Waals surface area contributed by atoms with Crippen LogP contribution in [0.3, 0.4) is 0 Å². The number of thioether (sulfide) groups is 1. The molecule has 0 radical (unpaired) electrons. The molecule has 1 fully saturated rings. The topological polar surface area (TPSA) is 54.3 Å². The second-order valence-electron chi connectivity index (χ2n) is 5.65. The highest BCUT2D eigenvalue weighted by atomic mass is 32.2. The molecule has 5 nitrogen and oxygen atoms in total. The average Bonchev–Trinajstić information content (AvgIpc) is 2.97. The van der Waals surface area contributed by atoms with Crippen molar-refractivity contribution in [3.8, 4) is 5.75 Å². The number of amidine groups is 1. The normalized spacial score (nSPS) is 16.2. The third-order valence-electron chi connectivity index (χ3n) is 3.78. The van der Waals surface area contributed by atoms with Crippen LogP contribution in [0.5, 0.6) is 5.75 Å². The third-order valence-corrected chi connectivity index (χ3v) is 4.74. The van der Waals surface area contributed by atoms with E-state index in [2.05, 4.69) is 10.2 Å². The molecule has 0 aliphatic carbocycles. The summed E-state index contributed by atoms with van der Waals surface area (Å²) in [6, 6.07) is 15.7. The van der Waals surface area contributed by atoms with Gasteiger partial charge in [-0.05, 0) is 30.2 Å². The molecular weight excluding hydrogens is 334 g/mol. The van der Waals surface area contributed by atoms with Crippen LogP contribution in [-0.4, -0.2) is 35.1 Å². The van der Waals surface area contributed by atoms with E-state index in [-0.39, 0.29) is 5.91 Å². The number of carbonyl (C=O) groups excluding carboxylic acids is 1. The molecule has 1 heterocycles. The molecular formula is C19H19N3O2S. The van der Waals surface area contributed by atoms with E-state index in [0.29, 0.717) is 17.5 Å². The van der Waals surface area contributed by atoms with Crippen molar-refractivity contribution in [2.24, 2.45) is 10.2 Å². The summed E-state index contributed by atoms with van der Waals surface area (Å²) in [5.41, 5.74) is 3.20. The van der Waals surface area contributed by atoms with Gasteiger partial charge in [0, 0.05) is 0 Å². The summed E-state index contributed by atoms with van der Waals surface area (Å²) in [4.78, 5) is 13.8. The molecule has 6 heteroatoms. The van der Waals surface area contributed by atoms with Crippen molar-refractivity contribution in [1.29, 1.82) is 0 Å². The fourth-order valence-electron chi connectivity index (χ4n) is 2.34. The van der Waals surface area contributed by atoms with E-state index in [1.54, 1.807) is 18.2 Å². The van der Waals surface area contributed by atoms with Gasteiger partial charge < -0.3 is 4.74 Å². The van der Waals surface area contributed by atoms with Crippen molar-refractivity contribution in [2.75, 3.05) is 12.9 Å². The summed E-state index contributed by atoms with van der Waals surface area (Å²) < 4.78 is 5.16. The van der Waals surface area contributed by atoms with Gasteiger partial charge in [-0.1, -0.05) is 53.7 Å². The maximum atomic E-state index is 12.1. The van der Waals surface area contributed by atoms with Gasteiger partial charge in [-0.15, -0.1) is 5.10 Å². The van der Waals surface area contributed by atoms with Gasteiger partial charge in [0.25, 0.3) is 0 Å². The molecule has 0 atom stereocenters. The van der Waals surface area contributed by atoms with Gasteiger partial charge in [-0.3, -0.25) is 9.69 Å². The van der Waals surface area contributed by atoms with E-state index < -0.39 is 0 Å². The van der Waals surface area contributed by atoms with Crippen molar-refractivity contribution < 1.29 is 9.53 Å². The highest BCUT2D eigenvalue weighted by Crippen LogP contribution is 2.23. The Morgan fingerprint density at radius 2 is 1.88 bits per heavy atom. The summed E-state index contributed by atoms with van der Waals surface area (Å²) in [5, 5.41) is 9.00. The lowest BCUT2D eigenvalue weighted by molar-refractivity contribution is -0.124. The number of hydrogen-bond acceptors (Lipinski definition) is 5. The lowest BCUT2D eigenvalue weighted by Crippen LogP contribution is -2.28. The summed E-state index contributed by atoms with van der Waals surface area (Å²) in [6.45, 7) is 2.52. The Morgan fingerprint density at radius 1 is 1.16 bits per heavy atom. The molecule has 0 aromatic heterocycles. The minimum absolute atomic E-state index is 0.0464. The molecule has 1 saturated heterocycles. The Bertz CT molecular complexity index is 798. The number of hydrogen-bond donors (Lipinski definition) is 0. The number of rotatable bonds is 5. The molecule has 1 amide bonds. The van der Waals surface area contributed by atoms with E-state index in [4.69, 9.17) is 4.74 Å². The van der Waals surface area contributed by atoms with Crippen molar-refractivity contribution in [3.63, 3.8) is 0 Å². The number of benzene rings is 2. The first kappa shape index (κ1) is 17.2. The van der Waals surface area contributed by atoms with E-state index >= 15 is 0 Å². The predicted octanol–water partition coefficient (Wildman–Crippen LogP) is 3.47. The van der Waals surface area contributed by atoms with Crippen LogP contribution in [0.15, 0.2) is 58.7 Å². The Morgan fingerprint density at radius 3 is 2.56 bits per heavy atom. The van der Waals surface area contributed by atoms with E-state index in [9.17, 15) is 4.79 Å². The number of amides is 1. The second kappa shape index (κ2) is 7.98. The Kier molecular flexibility index (Phi) is 5.50. The summed E-state index contributed by atoms with van der Waals surface area (Å²) in [6.07, 6.45) is 1.70. The van der Waals surface area contributed by atoms with Crippen molar-refractivity contribution in [1.82, 2.24) is 4.90 Å². The van der Waals surface area contributed by atoms with Gasteiger partial charge >= 0.3 is 0 Å². The monoisotopic (exact) mass is 353 g/mol. The van der Waals surface area contributed by atoms with Crippen LogP contribution < -0.4 is 4.74 Å². The van der Waals surface area contributed by atoms with Gasteiger partial charge in [-0.2, -0.15) is 5.10 Å². The van der Waals surface area contributed by atoms with Crippen molar-refractivity contribution >= 4 is 29.1 Å². The maximum Gasteiger partial charge on any atom is 0.239 e. The molecule has 2 aromatic rings. The SMILES string of the molecule is COc1ccc(CN2C(=O)CS/C2=N\N=C/c2ccc(C)cc2)cc1.